The predicted molar refractivity (Wildman–Crippen MR) is 122 cm³/mol. The number of hydrogen-bond donors (Lipinski definition) is 0. The van der Waals surface area contributed by atoms with Gasteiger partial charge in [-0.1, -0.05) is 66.7 Å². The van der Waals surface area contributed by atoms with E-state index in [1.807, 2.05) is 86.6 Å². The summed E-state index contributed by atoms with van der Waals surface area (Å²) < 4.78 is 21.3. The van der Waals surface area contributed by atoms with Gasteiger partial charge in [0.05, 0.1) is 10.9 Å². The molecule has 0 N–H and O–H groups in total. The van der Waals surface area contributed by atoms with Crippen molar-refractivity contribution in [3.63, 3.8) is 0 Å². The second kappa shape index (κ2) is 8.76. The quantitative estimate of drug-likeness (QED) is 0.302. The molecule has 30 heavy (non-hydrogen) atoms. The fraction of sp³-hybridized carbons (Fsp3) is 0.111. The predicted octanol–water partition coefficient (Wildman–Crippen LogP) is 7.24. The van der Waals surface area contributed by atoms with E-state index < -0.39 is 5.60 Å². The Labute approximate surface area is 180 Å². The molecule has 0 bridgehead atoms. The Morgan fingerprint density at radius 2 is 1.13 bits per heavy atom. The van der Waals surface area contributed by atoms with Crippen molar-refractivity contribution in [1.29, 1.82) is 0 Å². The highest BCUT2D eigenvalue weighted by molar-refractivity contribution is 7.97. The number of rotatable bonds is 6. The average molecular weight is 416 g/mol. The maximum absolute atomic E-state index is 15.2. The Balaban J connectivity index is 1.69. The third-order valence-corrected chi connectivity index (χ3v) is 7.14. The summed E-state index contributed by atoms with van der Waals surface area (Å²) in [5.74, 6) is -0.0851. The van der Waals surface area contributed by atoms with E-state index in [2.05, 4.69) is 24.3 Å². The van der Waals surface area contributed by atoms with Crippen molar-refractivity contribution < 1.29 is 9.13 Å². The van der Waals surface area contributed by atoms with Gasteiger partial charge in [-0.05, 0) is 55.8 Å². The van der Waals surface area contributed by atoms with Crippen molar-refractivity contribution >= 4 is 10.9 Å². The monoisotopic (exact) mass is 415 g/mol. The van der Waals surface area contributed by atoms with Gasteiger partial charge in [-0.15, -0.1) is 0 Å². The normalized spacial score (nSPS) is 11.5. The summed E-state index contributed by atoms with van der Waals surface area (Å²) in [6.45, 7) is 3.91. The molecule has 0 aliphatic rings. The summed E-state index contributed by atoms with van der Waals surface area (Å²) >= 11 is 0. The second-order valence-electron chi connectivity index (χ2n) is 7.50. The minimum atomic E-state index is -0.635. The van der Waals surface area contributed by atoms with Crippen molar-refractivity contribution in [2.45, 2.75) is 34.1 Å². The second-order valence-corrected chi connectivity index (χ2v) is 9.53. The number of ether oxygens (including phenoxy) is 1. The van der Waals surface area contributed by atoms with Crippen LogP contribution in [0.1, 0.15) is 19.4 Å². The van der Waals surface area contributed by atoms with Gasteiger partial charge in [-0.3, -0.25) is 0 Å². The highest BCUT2D eigenvalue weighted by Gasteiger charge is 2.30. The van der Waals surface area contributed by atoms with E-state index in [9.17, 15) is 0 Å². The Kier molecular flexibility index (Phi) is 5.91. The van der Waals surface area contributed by atoms with Crippen LogP contribution < -0.4 is 4.74 Å². The molecule has 4 aromatic carbocycles. The van der Waals surface area contributed by atoms with Crippen molar-refractivity contribution in [1.82, 2.24) is 0 Å². The Morgan fingerprint density at radius 3 is 1.63 bits per heavy atom. The van der Waals surface area contributed by atoms with Crippen molar-refractivity contribution in [3.05, 3.63) is 121 Å². The third-order valence-electron chi connectivity index (χ3n) is 4.93. The lowest BCUT2D eigenvalue weighted by Crippen LogP contribution is -2.25. The zero-order valence-electron chi connectivity index (χ0n) is 17.1. The van der Waals surface area contributed by atoms with Crippen LogP contribution in [0.2, 0.25) is 0 Å². The summed E-state index contributed by atoms with van der Waals surface area (Å²) in [4.78, 5) is 3.23. The molecule has 3 heteroatoms. The van der Waals surface area contributed by atoms with Crippen LogP contribution in [0.4, 0.5) is 4.39 Å². The van der Waals surface area contributed by atoms with Gasteiger partial charge in [0.15, 0.2) is 26.3 Å². The molecule has 0 radical (unpaired) electrons. The maximum Gasteiger partial charge on any atom is 0.170 e. The van der Waals surface area contributed by atoms with E-state index in [1.165, 1.54) is 0 Å². The van der Waals surface area contributed by atoms with Gasteiger partial charge >= 0.3 is 0 Å². The van der Waals surface area contributed by atoms with Gasteiger partial charge in [-0.2, -0.15) is 0 Å². The molecular formula is C27H24FOS+. The fourth-order valence-electron chi connectivity index (χ4n) is 3.39. The van der Waals surface area contributed by atoms with Crippen molar-refractivity contribution in [2.75, 3.05) is 0 Å². The molecular weight excluding hydrogens is 391 g/mol. The van der Waals surface area contributed by atoms with E-state index in [0.29, 0.717) is 0 Å². The third kappa shape index (κ3) is 4.42. The molecule has 0 aliphatic heterocycles. The smallest absolute Gasteiger partial charge is 0.170 e. The average Bonchev–Trinajstić information content (AvgIpc) is 2.78. The molecule has 0 fully saturated rings. The van der Waals surface area contributed by atoms with Crippen LogP contribution >= 0.6 is 0 Å². The van der Waals surface area contributed by atoms with Gasteiger partial charge in [0.2, 0.25) is 0 Å². The number of halogens is 1. The summed E-state index contributed by atoms with van der Waals surface area (Å²) in [5, 5.41) is 0. The van der Waals surface area contributed by atoms with Crippen LogP contribution in [-0.4, -0.2) is 0 Å². The molecule has 0 unspecified atom stereocenters. The van der Waals surface area contributed by atoms with Crippen molar-refractivity contribution in [2.24, 2.45) is 0 Å². The van der Waals surface area contributed by atoms with Crippen LogP contribution in [0.25, 0.3) is 0 Å². The summed E-state index contributed by atoms with van der Waals surface area (Å²) in [6, 6.07) is 35.7. The first-order valence-electron chi connectivity index (χ1n) is 9.93. The lowest BCUT2D eigenvalue weighted by atomic mass is 9.98. The van der Waals surface area contributed by atoms with Crippen LogP contribution in [0.5, 0.6) is 5.75 Å². The first-order chi connectivity index (χ1) is 14.5. The minimum absolute atomic E-state index is 0.261. The zero-order valence-corrected chi connectivity index (χ0v) is 17.9. The molecule has 0 aliphatic carbocycles. The summed E-state index contributed by atoms with van der Waals surface area (Å²) in [7, 11) is -0.388. The Morgan fingerprint density at radius 1 is 0.633 bits per heavy atom. The highest BCUT2D eigenvalue weighted by atomic mass is 32.2. The standard InChI is InChI=1S/C27H24FOS/c1-27(2,21-12-6-3-7-13-21)29-26-19-18-24(20-25(26)28)30(22-14-8-4-9-15-22)23-16-10-5-11-17-23/h3-20H,1-2H3/q+1. The Bertz CT molecular complexity index is 1060. The first kappa shape index (κ1) is 20.2. The molecule has 0 heterocycles. The van der Waals surface area contributed by atoms with E-state index in [-0.39, 0.29) is 22.5 Å². The number of hydrogen-bond acceptors (Lipinski definition) is 1. The molecule has 0 spiro atoms. The van der Waals surface area contributed by atoms with E-state index in [4.69, 9.17) is 4.74 Å². The molecule has 4 aromatic rings. The van der Waals surface area contributed by atoms with Crippen LogP contribution in [0, 0.1) is 5.82 Å². The van der Waals surface area contributed by atoms with E-state index in [0.717, 1.165) is 20.2 Å². The molecule has 0 amide bonds. The van der Waals surface area contributed by atoms with E-state index >= 15 is 4.39 Å². The van der Waals surface area contributed by atoms with Crippen LogP contribution in [0.3, 0.4) is 0 Å². The fourth-order valence-corrected chi connectivity index (χ4v) is 5.49. The molecule has 150 valence electrons. The molecule has 0 aromatic heterocycles. The molecule has 0 saturated carbocycles. The van der Waals surface area contributed by atoms with Gasteiger partial charge in [-0.25, -0.2) is 4.39 Å². The first-order valence-corrected chi connectivity index (χ1v) is 11.2. The largest absolute Gasteiger partial charge is 0.480 e. The number of benzene rings is 4. The van der Waals surface area contributed by atoms with E-state index in [1.54, 1.807) is 12.1 Å². The summed E-state index contributed by atoms with van der Waals surface area (Å²) in [6.07, 6.45) is 0. The van der Waals surface area contributed by atoms with Gasteiger partial charge < -0.3 is 4.74 Å². The minimum Gasteiger partial charge on any atom is -0.480 e. The maximum atomic E-state index is 15.2. The molecule has 1 nitrogen and oxygen atoms in total. The summed E-state index contributed by atoms with van der Waals surface area (Å²) in [5.41, 5.74) is 0.367. The SMILES string of the molecule is CC(C)(Oc1ccc([S+](c2ccccc2)c2ccccc2)cc1F)c1ccccc1. The van der Waals surface area contributed by atoms with Crippen LogP contribution in [0.15, 0.2) is 124 Å². The Hall–Kier alpha value is -3.04. The molecule has 0 saturated heterocycles. The van der Waals surface area contributed by atoms with Gasteiger partial charge in [0.1, 0.15) is 5.60 Å². The van der Waals surface area contributed by atoms with Crippen molar-refractivity contribution in [3.8, 4) is 5.75 Å². The zero-order chi connectivity index (χ0) is 21.0. The lowest BCUT2D eigenvalue weighted by molar-refractivity contribution is 0.102. The molecule has 4 rings (SSSR count). The molecule has 0 atom stereocenters. The lowest BCUT2D eigenvalue weighted by Gasteiger charge is -2.27. The van der Waals surface area contributed by atoms with Gasteiger partial charge in [0.25, 0.3) is 0 Å². The highest BCUT2D eigenvalue weighted by Crippen LogP contribution is 2.35. The van der Waals surface area contributed by atoms with Gasteiger partial charge in [0, 0.05) is 6.07 Å². The van der Waals surface area contributed by atoms with Crippen LogP contribution in [-0.2, 0) is 16.5 Å². The topological polar surface area (TPSA) is 9.23 Å².